The van der Waals surface area contributed by atoms with Crippen molar-refractivity contribution in [2.24, 2.45) is 0 Å². The summed E-state index contributed by atoms with van der Waals surface area (Å²) in [6.45, 7) is 2.25. The molecule has 230 valence electrons. The molecular formula is C45H28N2OS. The zero-order valence-corrected chi connectivity index (χ0v) is 27.5. The Labute approximate surface area is 285 Å². The van der Waals surface area contributed by atoms with Crippen LogP contribution < -0.4 is 0 Å². The first-order chi connectivity index (χ1) is 24.2. The molecule has 0 amide bonds. The predicted octanol–water partition coefficient (Wildman–Crippen LogP) is 13.0. The number of para-hydroxylation sites is 1. The number of hydrogen-bond acceptors (Lipinski definition) is 3. The Kier molecular flexibility index (Phi) is 5.53. The van der Waals surface area contributed by atoms with Crippen molar-refractivity contribution >= 4 is 96.9 Å². The van der Waals surface area contributed by atoms with Crippen molar-refractivity contribution in [2.75, 3.05) is 0 Å². The molecule has 4 heteroatoms. The summed E-state index contributed by atoms with van der Waals surface area (Å²) in [7, 11) is 0. The summed E-state index contributed by atoms with van der Waals surface area (Å²) in [6.07, 6.45) is 0.786. The minimum Gasteiger partial charge on any atom is -0.454 e. The molecule has 0 aliphatic heterocycles. The Morgan fingerprint density at radius 3 is 2.14 bits per heavy atom. The number of furan rings is 1. The molecule has 0 N–H and O–H groups in total. The van der Waals surface area contributed by atoms with Crippen LogP contribution in [0, 0.1) is 0 Å². The van der Waals surface area contributed by atoms with Gasteiger partial charge in [0.25, 0.3) is 0 Å². The summed E-state index contributed by atoms with van der Waals surface area (Å²) in [5.74, 6) is 0.958. The quantitative estimate of drug-likeness (QED) is 0.192. The summed E-state index contributed by atoms with van der Waals surface area (Å²) in [5.41, 5.74) is 8.38. The topological polar surface area (TPSA) is 31.0 Å². The molecule has 0 atom stereocenters. The third kappa shape index (κ3) is 3.75. The normalized spacial score (nSPS) is 12.3. The van der Waals surface area contributed by atoms with Crippen LogP contribution in [0.4, 0.5) is 0 Å². The van der Waals surface area contributed by atoms with Crippen molar-refractivity contribution in [3.05, 3.63) is 145 Å². The summed E-state index contributed by atoms with van der Waals surface area (Å²) in [6, 6.07) is 50.6. The van der Waals surface area contributed by atoms with Crippen LogP contribution in [-0.4, -0.2) is 9.55 Å². The Morgan fingerprint density at radius 2 is 1.29 bits per heavy atom. The van der Waals surface area contributed by atoms with Gasteiger partial charge in [-0.2, -0.15) is 0 Å². The molecular weight excluding hydrogens is 617 g/mol. The molecule has 0 fully saturated rings. The fraction of sp³-hybridized carbons (Fsp3) is 0.0444. The second kappa shape index (κ2) is 10.0. The zero-order chi connectivity index (χ0) is 32.2. The molecule has 0 aliphatic rings. The van der Waals surface area contributed by atoms with E-state index < -0.39 is 0 Å². The highest BCUT2D eigenvalue weighted by Gasteiger charge is 2.25. The average molecular weight is 645 g/mol. The SMILES string of the molecule is CCc1c(-n2c3cc4ccccc4cc3c3ccc4ccccc4c32)nc2c(oc3ccccc32)c1-c1ccc2c(c1)sc1ccccc12. The Morgan fingerprint density at radius 1 is 0.592 bits per heavy atom. The number of pyridine rings is 1. The minimum atomic E-state index is 0.786. The maximum Gasteiger partial charge on any atom is 0.162 e. The largest absolute Gasteiger partial charge is 0.454 e. The van der Waals surface area contributed by atoms with Crippen molar-refractivity contribution in [1.82, 2.24) is 9.55 Å². The molecule has 11 aromatic rings. The van der Waals surface area contributed by atoms with Gasteiger partial charge in [0.2, 0.25) is 0 Å². The molecule has 3 nitrogen and oxygen atoms in total. The Hall–Kier alpha value is -5.97. The van der Waals surface area contributed by atoms with E-state index in [0.717, 1.165) is 51.0 Å². The number of benzene rings is 7. The molecule has 4 aromatic heterocycles. The average Bonchev–Trinajstić information content (AvgIpc) is 3.82. The smallest absolute Gasteiger partial charge is 0.162 e. The molecule has 0 bridgehead atoms. The van der Waals surface area contributed by atoms with Crippen molar-refractivity contribution in [3.8, 4) is 16.9 Å². The molecule has 0 aliphatic carbocycles. The Balaban J connectivity index is 1.34. The van der Waals surface area contributed by atoms with Gasteiger partial charge >= 0.3 is 0 Å². The lowest BCUT2D eigenvalue weighted by Gasteiger charge is -2.17. The lowest BCUT2D eigenvalue weighted by atomic mass is 9.96. The van der Waals surface area contributed by atoms with Crippen LogP contribution in [0.25, 0.3) is 103 Å². The van der Waals surface area contributed by atoms with Gasteiger partial charge in [-0.3, -0.25) is 4.57 Å². The van der Waals surface area contributed by atoms with Crippen molar-refractivity contribution in [3.63, 3.8) is 0 Å². The molecule has 11 rings (SSSR count). The Bertz CT molecular complexity index is 3160. The van der Waals surface area contributed by atoms with E-state index in [9.17, 15) is 0 Å². The second-order valence-corrected chi connectivity index (χ2v) is 14.0. The van der Waals surface area contributed by atoms with Crippen LogP contribution in [0.2, 0.25) is 0 Å². The van der Waals surface area contributed by atoms with Crippen molar-refractivity contribution < 1.29 is 4.42 Å². The lowest BCUT2D eigenvalue weighted by Crippen LogP contribution is -2.05. The van der Waals surface area contributed by atoms with E-state index in [4.69, 9.17) is 9.40 Å². The van der Waals surface area contributed by atoms with Gasteiger partial charge < -0.3 is 4.42 Å². The third-order valence-corrected chi connectivity index (χ3v) is 11.5. The molecule has 0 spiro atoms. The van der Waals surface area contributed by atoms with Crippen LogP contribution in [-0.2, 0) is 6.42 Å². The molecule has 49 heavy (non-hydrogen) atoms. The fourth-order valence-electron chi connectivity index (χ4n) is 8.12. The number of hydrogen-bond donors (Lipinski definition) is 0. The summed E-state index contributed by atoms with van der Waals surface area (Å²) in [4.78, 5) is 5.62. The highest BCUT2D eigenvalue weighted by molar-refractivity contribution is 7.25. The van der Waals surface area contributed by atoms with Gasteiger partial charge in [0.05, 0.1) is 11.0 Å². The summed E-state index contributed by atoms with van der Waals surface area (Å²) >= 11 is 1.85. The van der Waals surface area contributed by atoms with Gasteiger partial charge in [-0.05, 0) is 64.5 Å². The first kappa shape index (κ1) is 27.0. The van der Waals surface area contributed by atoms with Crippen LogP contribution in [0.15, 0.2) is 144 Å². The van der Waals surface area contributed by atoms with E-state index >= 15 is 0 Å². The first-order valence-electron chi connectivity index (χ1n) is 16.9. The zero-order valence-electron chi connectivity index (χ0n) is 26.7. The predicted molar refractivity (Wildman–Crippen MR) is 209 cm³/mol. The van der Waals surface area contributed by atoms with Crippen LogP contribution in [0.5, 0.6) is 0 Å². The lowest BCUT2D eigenvalue weighted by molar-refractivity contribution is 0.668. The van der Waals surface area contributed by atoms with Crippen molar-refractivity contribution in [2.45, 2.75) is 13.3 Å². The van der Waals surface area contributed by atoms with Crippen LogP contribution >= 0.6 is 11.3 Å². The van der Waals surface area contributed by atoms with Gasteiger partial charge in [0, 0.05) is 52.8 Å². The molecule has 0 saturated heterocycles. The standard InChI is InChI=1S/C45H28N2OS/c1-2-30-41(29-20-21-33-32-15-8-10-18-39(32)49-40(33)25-29)44-42(35-16-7-9-17-38(35)48-44)46-45(30)47-37-24-28-13-4-3-12-27(28)23-36(37)34-22-19-26-11-5-6-14-31(26)43(34)47/h3-25H,2H2,1H3. The number of nitrogens with zero attached hydrogens (tertiary/aromatic N) is 2. The van der Waals surface area contributed by atoms with E-state index in [1.807, 2.05) is 17.4 Å². The van der Waals surface area contributed by atoms with Crippen LogP contribution in [0.3, 0.4) is 0 Å². The van der Waals surface area contributed by atoms with Crippen molar-refractivity contribution in [1.29, 1.82) is 0 Å². The van der Waals surface area contributed by atoms with Gasteiger partial charge in [0.15, 0.2) is 5.58 Å². The maximum absolute atomic E-state index is 6.76. The highest BCUT2D eigenvalue weighted by Crippen LogP contribution is 2.45. The van der Waals surface area contributed by atoms with E-state index in [-0.39, 0.29) is 0 Å². The van der Waals surface area contributed by atoms with E-state index in [1.54, 1.807) is 0 Å². The van der Waals surface area contributed by atoms with E-state index in [0.29, 0.717) is 0 Å². The minimum absolute atomic E-state index is 0.786. The second-order valence-electron chi connectivity index (χ2n) is 13.0. The number of fused-ring (bicyclic) bond motifs is 12. The van der Waals surface area contributed by atoms with Crippen LogP contribution in [0.1, 0.15) is 12.5 Å². The monoisotopic (exact) mass is 644 g/mol. The summed E-state index contributed by atoms with van der Waals surface area (Å²) in [5, 5.41) is 11.0. The van der Waals surface area contributed by atoms with E-state index in [1.165, 1.54) is 63.6 Å². The fourth-order valence-corrected chi connectivity index (χ4v) is 9.27. The molecule has 0 unspecified atom stereocenters. The molecule has 0 radical (unpaired) electrons. The molecule has 4 heterocycles. The summed E-state index contributed by atoms with van der Waals surface area (Å²) < 4.78 is 11.8. The molecule has 0 saturated carbocycles. The number of rotatable bonds is 3. The first-order valence-corrected chi connectivity index (χ1v) is 17.7. The van der Waals surface area contributed by atoms with Gasteiger partial charge in [-0.15, -0.1) is 11.3 Å². The maximum atomic E-state index is 6.76. The van der Waals surface area contributed by atoms with Gasteiger partial charge in [-0.25, -0.2) is 4.98 Å². The number of aromatic nitrogens is 2. The molecule has 7 aromatic carbocycles. The number of thiophene rings is 1. The third-order valence-electron chi connectivity index (χ3n) is 10.3. The van der Waals surface area contributed by atoms with Gasteiger partial charge in [0.1, 0.15) is 16.9 Å². The van der Waals surface area contributed by atoms with Gasteiger partial charge in [-0.1, -0.05) is 110 Å². The van der Waals surface area contributed by atoms with E-state index in [2.05, 4.69) is 145 Å². The highest BCUT2D eigenvalue weighted by atomic mass is 32.1.